The van der Waals surface area contributed by atoms with Crippen molar-refractivity contribution in [3.8, 4) is 0 Å². The van der Waals surface area contributed by atoms with Crippen molar-refractivity contribution in [3.63, 3.8) is 0 Å². The predicted octanol–water partition coefficient (Wildman–Crippen LogP) is 5.90. The Kier molecular flexibility index (Phi) is 6.61. The van der Waals surface area contributed by atoms with Crippen molar-refractivity contribution in [2.24, 2.45) is 0 Å². The number of amides is 1. The molecule has 0 N–H and O–H groups in total. The van der Waals surface area contributed by atoms with Crippen LogP contribution in [-0.4, -0.2) is 40.6 Å². The molecule has 4 heteroatoms. The van der Waals surface area contributed by atoms with Crippen LogP contribution in [0.15, 0.2) is 91.0 Å². The van der Waals surface area contributed by atoms with Crippen LogP contribution in [0.5, 0.6) is 0 Å². The van der Waals surface area contributed by atoms with Gasteiger partial charge in [-0.3, -0.25) is 9.80 Å². The third kappa shape index (κ3) is 5.38. The Bertz CT molecular complexity index is 954. The minimum Gasteiger partial charge on any atom is -0.444 e. The monoisotopic (exact) mass is 428 g/mol. The zero-order valence-corrected chi connectivity index (χ0v) is 19.1. The summed E-state index contributed by atoms with van der Waals surface area (Å²) in [5, 5.41) is 0. The van der Waals surface area contributed by atoms with Crippen molar-refractivity contribution in [1.29, 1.82) is 0 Å². The molecule has 32 heavy (non-hydrogen) atoms. The number of carbonyl (C=O) groups excluding carboxylic acids is 1. The minimum absolute atomic E-state index is 0.111. The van der Waals surface area contributed by atoms with Crippen molar-refractivity contribution in [3.05, 3.63) is 108 Å². The van der Waals surface area contributed by atoms with Gasteiger partial charge in [-0.25, -0.2) is 4.79 Å². The molecule has 0 spiro atoms. The van der Waals surface area contributed by atoms with Crippen LogP contribution in [-0.2, 0) is 11.3 Å². The Morgan fingerprint density at radius 1 is 0.875 bits per heavy atom. The van der Waals surface area contributed by atoms with Crippen LogP contribution in [0.3, 0.4) is 0 Å². The number of rotatable bonds is 6. The standard InChI is InChI=1S/C28H32N2O2/c1-28(2,3)32-27(31)30(19-22-13-7-4-8-14-22)25-20-29(21-25)26(23-15-9-5-10-16-23)24-17-11-6-12-18-24/h4-18,25-26H,19-21H2,1-3H3. The molecule has 0 radical (unpaired) electrons. The van der Waals surface area contributed by atoms with E-state index in [1.165, 1.54) is 11.1 Å². The van der Waals surface area contributed by atoms with E-state index in [1.54, 1.807) is 0 Å². The highest BCUT2D eigenvalue weighted by molar-refractivity contribution is 5.69. The van der Waals surface area contributed by atoms with Gasteiger partial charge in [-0.1, -0.05) is 91.0 Å². The maximum absolute atomic E-state index is 13.1. The van der Waals surface area contributed by atoms with Crippen molar-refractivity contribution in [2.75, 3.05) is 13.1 Å². The first-order valence-electron chi connectivity index (χ1n) is 11.3. The van der Waals surface area contributed by atoms with Gasteiger partial charge in [0.1, 0.15) is 5.60 Å². The predicted molar refractivity (Wildman–Crippen MR) is 128 cm³/mol. The summed E-state index contributed by atoms with van der Waals surface area (Å²) in [4.78, 5) is 17.4. The third-order valence-electron chi connectivity index (χ3n) is 5.75. The average Bonchev–Trinajstić information content (AvgIpc) is 2.75. The van der Waals surface area contributed by atoms with Crippen LogP contribution >= 0.6 is 0 Å². The highest BCUT2D eigenvalue weighted by Crippen LogP contribution is 2.34. The van der Waals surface area contributed by atoms with E-state index in [1.807, 2.05) is 43.9 Å². The summed E-state index contributed by atoms with van der Waals surface area (Å²) in [5.74, 6) is 0. The molecule has 3 aromatic carbocycles. The zero-order chi connectivity index (χ0) is 22.6. The van der Waals surface area contributed by atoms with E-state index in [9.17, 15) is 4.79 Å². The maximum Gasteiger partial charge on any atom is 0.410 e. The summed E-state index contributed by atoms with van der Waals surface area (Å²) in [5.41, 5.74) is 3.12. The molecule has 0 aliphatic carbocycles. The van der Waals surface area contributed by atoms with Gasteiger partial charge in [-0.2, -0.15) is 0 Å². The number of nitrogens with zero attached hydrogens (tertiary/aromatic N) is 2. The van der Waals surface area contributed by atoms with Gasteiger partial charge in [0.15, 0.2) is 0 Å². The number of carbonyl (C=O) groups is 1. The summed E-state index contributed by atoms with van der Waals surface area (Å²) in [6.07, 6.45) is -0.248. The van der Waals surface area contributed by atoms with Crippen LogP contribution in [0.1, 0.15) is 43.5 Å². The lowest BCUT2D eigenvalue weighted by Crippen LogP contribution is -2.61. The summed E-state index contributed by atoms with van der Waals surface area (Å²) in [6, 6.07) is 31.6. The van der Waals surface area contributed by atoms with Gasteiger partial charge in [0.25, 0.3) is 0 Å². The van der Waals surface area contributed by atoms with Crippen LogP contribution in [0.25, 0.3) is 0 Å². The van der Waals surface area contributed by atoms with E-state index in [2.05, 4.69) is 77.7 Å². The minimum atomic E-state index is -0.522. The van der Waals surface area contributed by atoms with E-state index in [4.69, 9.17) is 4.74 Å². The number of hydrogen-bond acceptors (Lipinski definition) is 3. The molecular weight excluding hydrogens is 396 g/mol. The van der Waals surface area contributed by atoms with Crippen molar-refractivity contribution in [2.45, 2.75) is 45.0 Å². The van der Waals surface area contributed by atoms with E-state index in [0.717, 1.165) is 18.7 Å². The molecule has 4 rings (SSSR count). The molecule has 0 unspecified atom stereocenters. The quantitative estimate of drug-likeness (QED) is 0.490. The molecule has 0 atom stereocenters. The lowest BCUT2D eigenvalue weighted by atomic mass is 9.92. The fourth-order valence-electron chi connectivity index (χ4n) is 4.22. The normalized spacial score (nSPS) is 14.8. The number of hydrogen-bond donors (Lipinski definition) is 0. The van der Waals surface area contributed by atoms with Crippen LogP contribution in [0, 0.1) is 0 Å². The molecule has 3 aromatic rings. The topological polar surface area (TPSA) is 32.8 Å². The van der Waals surface area contributed by atoms with Gasteiger partial charge in [0.2, 0.25) is 0 Å². The Labute approximate surface area is 191 Å². The number of benzene rings is 3. The molecule has 4 nitrogen and oxygen atoms in total. The Balaban J connectivity index is 1.54. The van der Waals surface area contributed by atoms with Crippen molar-refractivity contribution in [1.82, 2.24) is 9.80 Å². The number of likely N-dealkylation sites (tertiary alicyclic amines) is 1. The SMILES string of the molecule is CC(C)(C)OC(=O)N(Cc1ccccc1)C1CN(C(c2ccccc2)c2ccccc2)C1. The third-order valence-corrected chi connectivity index (χ3v) is 5.75. The molecule has 1 saturated heterocycles. The molecule has 1 fully saturated rings. The smallest absolute Gasteiger partial charge is 0.410 e. The van der Waals surface area contributed by atoms with E-state index >= 15 is 0 Å². The van der Waals surface area contributed by atoms with Crippen LogP contribution < -0.4 is 0 Å². The van der Waals surface area contributed by atoms with E-state index in [0.29, 0.717) is 6.54 Å². The molecule has 1 amide bonds. The Morgan fingerprint density at radius 2 is 1.34 bits per heavy atom. The van der Waals surface area contributed by atoms with Gasteiger partial charge in [0, 0.05) is 19.6 Å². The molecule has 0 saturated carbocycles. The van der Waals surface area contributed by atoms with E-state index < -0.39 is 5.60 Å². The largest absolute Gasteiger partial charge is 0.444 e. The average molecular weight is 429 g/mol. The molecule has 1 heterocycles. The van der Waals surface area contributed by atoms with Gasteiger partial charge in [-0.15, -0.1) is 0 Å². The molecule has 0 bridgehead atoms. The zero-order valence-electron chi connectivity index (χ0n) is 19.1. The lowest BCUT2D eigenvalue weighted by Gasteiger charge is -2.49. The second-order valence-corrected chi connectivity index (χ2v) is 9.43. The molecule has 166 valence electrons. The molecule has 1 aliphatic heterocycles. The lowest BCUT2D eigenvalue weighted by molar-refractivity contribution is -0.0230. The maximum atomic E-state index is 13.1. The summed E-state index contributed by atoms with van der Waals surface area (Å²) in [7, 11) is 0. The highest BCUT2D eigenvalue weighted by Gasteiger charge is 2.40. The van der Waals surface area contributed by atoms with Crippen molar-refractivity contribution >= 4 is 6.09 Å². The van der Waals surface area contributed by atoms with Crippen LogP contribution in [0.2, 0.25) is 0 Å². The Hall–Kier alpha value is -3.11. The molecule has 1 aliphatic rings. The summed E-state index contributed by atoms with van der Waals surface area (Å²) >= 11 is 0. The van der Waals surface area contributed by atoms with Crippen LogP contribution in [0.4, 0.5) is 4.79 Å². The summed E-state index contributed by atoms with van der Waals surface area (Å²) in [6.45, 7) is 7.91. The first-order chi connectivity index (χ1) is 15.4. The van der Waals surface area contributed by atoms with Gasteiger partial charge < -0.3 is 4.74 Å². The van der Waals surface area contributed by atoms with Gasteiger partial charge in [-0.05, 0) is 37.5 Å². The van der Waals surface area contributed by atoms with Crippen molar-refractivity contribution < 1.29 is 9.53 Å². The van der Waals surface area contributed by atoms with Gasteiger partial charge >= 0.3 is 6.09 Å². The Morgan fingerprint density at radius 3 is 1.81 bits per heavy atom. The second-order valence-electron chi connectivity index (χ2n) is 9.43. The second kappa shape index (κ2) is 9.58. The summed E-state index contributed by atoms with van der Waals surface area (Å²) < 4.78 is 5.76. The number of ether oxygens (including phenoxy) is 1. The first kappa shape index (κ1) is 22.1. The highest BCUT2D eigenvalue weighted by atomic mass is 16.6. The van der Waals surface area contributed by atoms with Gasteiger partial charge in [0.05, 0.1) is 12.1 Å². The van der Waals surface area contributed by atoms with E-state index in [-0.39, 0.29) is 18.2 Å². The fraction of sp³-hybridized carbons (Fsp3) is 0.321. The fourth-order valence-corrected chi connectivity index (χ4v) is 4.22. The molecule has 0 aromatic heterocycles. The first-order valence-corrected chi connectivity index (χ1v) is 11.3. The molecular formula is C28H32N2O2.